The van der Waals surface area contributed by atoms with E-state index in [9.17, 15) is 4.79 Å². The van der Waals surface area contributed by atoms with Gasteiger partial charge in [-0.15, -0.1) is 0 Å². The van der Waals surface area contributed by atoms with Crippen LogP contribution in [0.4, 0.5) is 22.0 Å². The average molecular weight is 417 g/mol. The minimum absolute atomic E-state index is 0.104. The van der Waals surface area contributed by atoms with Gasteiger partial charge in [0.05, 0.1) is 18.1 Å². The van der Waals surface area contributed by atoms with Crippen LogP contribution in [-0.4, -0.2) is 31.4 Å². The summed E-state index contributed by atoms with van der Waals surface area (Å²) in [5, 5.41) is 9.91. The number of nitrogens with zero attached hydrogens (tertiary/aromatic N) is 4. The number of hydrogen-bond acceptors (Lipinski definition) is 7. The van der Waals surface area contributed by atoms with Gasteiger partial charge in [0, 0.05) is 25.0 Å². The number of ether oxygens (including phenoxy) is 2. The van der Waals surface area contributed by atoms with Gasteiger partial charge in [0.1, 0.15) is 11.4 Å². The van der Waals surface area contributed by atoms with Crippen LogP contribution in [0.1, 0.15) is 20.8 Å². The van der Waals surface area contributed by atoms with Crippen LogP contribution in [-0.2, 0) is 11.8 Å². The molecule has 0 saturated heterocycles. The Hall–Kier alpha value is -3.33. The Kier molecular flexibility index (Phi) is 5.88. The fraction of sp³-hybridized carbons (Fsp3) is 0.263. The Morgan fingerprint density at radius 2 is 2.00 bits per heavy atom. The van der Waals surface area contributed by atoms with Gasteiger partial charge in [-0.3, -0.25) is 10.00 Å². The summed E-state index contributed by atoms with van der Waals surface area (Å²) in [6, 6.07) is 6.77. The largest absolute Gasteiger partial charge is 0.444 e. The molecule has 0 atom stereocenters. The molecule has 2 aromatic heterocycles. The number of amides is 1. The van der Waals surface area contributed by atoms with Gasteiger partial charge in [0.25, 0.3) is 5.88 Å². The number of aryl methyl sites for hydroxylation is 1. The highest BCUT2D eigenvalue weighted by atomic mass is 35.5. The molecule has 0 aliphatic heterocycles. The van der Waals surface area contributed by atoms with Crippen molar-refractivity contribution in [3.05, 3.63) is 48.0 Å². The van der Waals surface area contributed by atoms with Crippen molar-refractivity contribution in [1.29, 1.82) is 0 Å². The summed E-state index contributed by atoms with van der Waals surface area (Å²) in [5.41, 5.74) is 0.660. The lowest BCUT2D eigenvalue weighted by atomic mass is 10.2. The Balaban J connectivity index is 1.72. The molecule has 3 aromatic rings. The zero-order valence-electron chi connectivity index (χ0n) is 16.4. The molecule has 152 valence electrons. The predicted octanol–water partition coefficient (Wildman–Crippen LogP) is 4.75. The monoisotopic (exact) mass is 416 g/mol. The number of aromatic nitrogens is 4. The minimum Gasteiger partial charge on any atom is -0.444 e. The maximum atomic E-state index is 11.9. The van der Waals surface area contributed by atoms with Crippen molar-refractivity contribution in [3.63, 3.8) is 0 Å². The Bertz CT molecular complexity index is 1020. The van der Waals surface area contributed by atoms with Gasteiger partial charge in [-0.2, -0.15) is 10.1 Å². The molecule has 9 nitrogen and oxygen atoms in total. The molecule has 0 aliphatic rings. The average Bonchev–Trinajstić information content (AvgIpc) is 3.01. The number of benzene rings is 1. The zero-order chi connectivity index (χ0) is 21.0. The van der Waals surface area contributed by atoms with Crippen LogP contribution in [0.25, 0.3) is 0 Å². The van der Waals surface area contributed by atoms with Crippen LogP contribution in [0.15, 0.2) is 42.9 Å². The maximum Gasteiger partial charge on any atom is 0.412 e. The second-order valence-corrected chi connectivity index (χ2v) is 7.49. The number of anilines is 3. The van der Waals surface area contributed by atoms with Crippen LogP contribution in [0.3, 0.4) is 0 Å². The predicted molar refractivity (Wildman–Crippen MR) is 110 cm³/mol. The van der Waals surface area contributed by atoms with Crippen molar-refractivity contribution in [3.8, 4) is 11.6 Å². The van der Waals surface area contributed by atoms with Crippen LogP contribution in [0.2, 0.25) is 5.15 Å². The van der Waals surface area contributed by atoms with Crippen LogP contribution < -0.4 is 15.4 Å². The first kappa shape index (κ1) is 20.4. The second-order valence-electron chi connectivity index (χ2n) is 7.14. The summed E-state index contributed by atoms with van der Waals surface area (Å²) in [4.78, 5) is 20.4. The number of carbonyl (C=O) groups is 1. The van der Waals surface area contributed by atoms with Gasteiger partial charge in [0.2, 0.25) is 0 Å². The van der Waals surface area contributed by atoms with Gasteiger partial charge in [-0.05, 0) is 32.9 Å². The molecule has 0 radical (unpaired) electrons. The van der Waals surface area contributed by atoms with E-state index in [4.69, 9.17) is 21.1 Å². The topological polar surface area (TPSA) is 103 Å². The highest BCUT2D eigenvalue weighted by molar-refractivity contribution is 6.30. The summed E-state index contributed by atoms with van der Waals surface area (Å²) in [6.45, 7) is 5.37. The molecular weight excluding hydrogens is 396 g/mol. The number of nitrogens with one attached hydrogen (secondary N) is 2. The molecule has 0 aliphatic carbocycles. The first-order chi connectivity index (χ1) is 13.7. The van der Waals surface area contributed by atoms with Gasteiger partial charge in [-0.1, -0.05) is 17.7 Å². The van der Waals surface area contributed by atoms with Crippen molar-refractivity contribution < 1.29 is 14.3 Å². The summed E-state index contributed by atoms with van der Waals surface area (Å²) in [5.74, 6) is 0.990. The summed E-state index contributed by atoms with van der Waals surface area (Å²) < 4.78 is 12.7. The Labute approximate surface area is 173 Å². The van der Waals surface area contributed by atoms with Crippen molar-refractivity contribution in [2.75, 3.05) is 10.6 Å². The summed E-state index contributed by atoms with van der Waals surface area (Å²) in [6.07, 6.45) is 4.38. The van der Waals surface area contributed by atoms with E-state index in [1.165, 1.54) is 6.20 Å². The molecule has 1 aromatic carbocycles. The van der Waals surface area contributed by atoms with E-state index < -0.39 is 11.7 Å². The van der Waals surface area contributed by atoms with Crippen molar-refractivity contribution in [2.45, 2.75) is 26.4 Å². The van der Waals surface area contributed by atoms with E-state index in [1.807, 2.05) is 7.05 Å². The third-order valence-electron chi connectivity index (χ3n) is 3.37. The summed E-state index contributed by atoms with van der Waals surface area (Å²) >= 11 is 6.12. The van der Waals surface area contributed by atoms with Crippen molar-refractivity contribution >= 4 is 34.9 Å². The van der Waals surface area contributed by atoms with Crippen molar-refractivity contribution in [2.24, 2.45) is 7.05 Å². The number of rotatable bonds is 5. The third kappa shape index (κ3) is 6.08. The lowest BCUT2D eigenvalue weighted by molar-refractivity contribution is 0.0636. The molecule has 2 N–H and O–H groups in total. The van der Waals surface area contributed by atoms with Gasteiger partial charge in [0.15, 0.2) is 11.0 Å². The van der Waals surface area contributed by atoms with Gasteiger partial charge in [-0.25, -0.2) is 9.78 Å². The number of carbonyl (C=O) groups excluding carboxylic acids is 1. The highest BCUT2D eigenvalue weighted by Gasteiger charge is 2.16. The third-order valence-corrected chi connectivity index (χ3v) is 3.63. The first-order valence-electron chi connectivity index (χ1n) is 8.74. The Morgan fingerprint density at radius 1 is 1.21 bits per heavy atom. The standard InChI is InChI=1S/C19H21ClN6O3/c1-19(2,3)29-18(27)24-12-6-5-7-14(8-12)28-17-16(20)21-10-15(25-17)23-13-9-22-26(4)11-13/h5-11H,1-4H3,(H,23,25)(H,24,27). The molecule has 29 heavy (non-hydrogen) atoms. The fourth-order valence-electron chi connectivity index (χ4n) is 2.29. The first-order valence-corrected chi connectivity index (χ1v) is 9.12. The normalized spacial score (nSPS) is 11.1. The van der Waals surface area contributed by atoms with Crippen LogP contribution in [0.5, 0.6) is 11.6 Å². The van der Waals surface area contributed by atoms with E-state index in [0.717, 1.165) is 5.69 Å². The molecule has 0 bridgehead atoms. The van der Waals surface area contributed by atoms with E-state index >= 15 is 0 Å². The maximum absolute atomic E-state index is 11.9. The van der Waals surface area contributed by atoms with E-state index in [2.05, 4.69) is 25.7 Å². The SMILES string of the molecule is Cn1cc(Nc2cnc(Cl)c(Oc3cccc(NC(=O)OC(C)(C)C)c3)n2)cn1. The van der Waals surface area contributed by atoms with Crippen molar-refractivity contribution in [1.82, 2.24) is 19.7 Å². The molecule has 2 heterocycles. The number of halogens is 1. The molecule has 0 spiro atoms. The lowest BCUT2D eigenvalue weighted by Crippen LogP contribution is -2.27. The smallest absolute Gasteiger partial charge is 0.412 e. The molecule has 3 rings (SSSR count). The van der Waals surface area contributed by atoms with E-state index in [0.29, 0.717) is 17.3 Å². The lowest BCUT2D eigenvalue weighted by Gasteiger charge is -2.19. The van der Waals surface area contributed by atoms with Crippen LogP contribution in [0, 0.1) is 0 Å². The van der Waals surface area contributed by atoms with Gasteiger partial charge >= 0.3 is 6.09 Å². The molecule has 10 heteroatoms. The highest BCUT2D eigenvalue weighted by Crippen LogP contribution is 2.29. The van der Waals surface area contributed by atoms with E-state index in [1.54, 1.807) is 62.1 Å². The molecular formula is C19H21ClN6O3. The second kappa shape index (κ2) is 8.36. The molecule has 0 saturated carbocycles. The quantitative estimate of drug-likeness (QED) is 0.618. The fourth-order valence-corrected chi connectivity index (χ4v) is 2.42. The molecule has 1 amide bonds. The summed E-state index contributed by atoms with van der Waals surface area (Å²) in [7, 11) is 1.81. The number of hydrogen-bond donors (Lipinski definition) is 2. The van der Waals surface area contributed by atoms with E-state index in [-0.39, 0.29) is 11.0 Å². The Morgan fingerprint density at radius 3 is 2.69 bits per heavy atom. The van der Waals surface area contributed by atoms with Crippen LogP contribution >= 0.6 is 11.6 Å². The minimum atomic E-state index is -0.594. The molecule has 0 unspecified atom stereocenters. The molecule has 0 fully saturated rings. The van der Waals surface area contributed by atoms with Gasteiger partial charge < -0.3 is 14.8 Å². The zero-order valence-corrected chi connectivity index (χ0v) is 17.2.